The summed E-state index contributed by atoms with van der Waals surface area (Å²) in [5.41, 5.74) is 4.13. The van der Waals surface area contributed by atoms with Crippen LogP contribution in [0.15, 0.2) is 54.7 Å². The molecule has 132 valence electrons. The Labute approximate surface area is 143 Å². The molecule has 0 radical (unpaired) electrons. The van der Waals surface area contributed by atoms with E-state index < -0.39 is 12.8 Å². The van der Waals surface area contributed by atoms with Gasteiger partial charge in [0.05, 0.1) is 6.61 Å². The van der Waals surface area contributed by atoms with Crippen molar-refractivity contribution in [3.8, 4) is 0 Å². The molecule has 2 N–H and O–H groups in total. The van der Waals surface area contributed by atoms with Crippen LogP contribution in [0.4, 0.5) is 13.2 Å². The normalized spacial score (nSPS) is 12.0. The Morgan fingerprint density at radius 3 is 2.44 bits per heavy atom. The number of nitrogens with one attached hydrogen (secondary N) is 2. The predicted molar refractivity (Wildman–Crippen MR) is 91.0 cm³/mol. The summed E-state index contributed by atoms with van der Waals surface area (Å²) < 4.78 is 40.8. The molecule has 3 rings (SSSR count). The Hall–Kier alpha value is -2.31. The lowest BCUT2D eigenvalue weighted by Crippen LogP contribution is -2.16. The number of H-pyrrole nitrogens is 1. The van der Waals surface area contributed by atoms with Crippen LogP contribution in [0.1, 0.15) is 16.7 Å². The fourth-order valence-electron chi connectivity index (χ4n) is 2.68. The SMILES string of the molecule is FC(F)(F)COCc1ccc(CNCc2cccc3[nH]ccc23)cc1. The standard InChI is InChI=1S/C19H19F3N2O/c20-19(21,22)13-25-12-15-6-4-14(5-7-15)10-23-11-16-2-1-3-18-17(16)8-9-24-18/h1-9,23-24H,10-13H2. The van der Waals surface area contributed by atoms with E-state index in [0.717, 1.165) is 23.2 Å². The number of halogens is 3. The summed E-state index contributed by atoms with van der Waals surface area (Å²) in [7, 11) is 0. The van der Waals surface area contributed by atoms with Crippen molar-refractivity contribution in [1.82, 2.24) is 10.3 Å². The number of ether oxygens (including phenoxy) is 1. The number of rotatable bonds is 7. The highest BCUT2D eigenvalue weighted by molar-refractivity contribution is 5.82. The van der Waals surface area contributed by atoms with Crippen LogP contribution in [0.25, 0.3) is 10.9 Å². The molecule has 0 spiro atoms. The summed E-state index contributed by atoms with van der Waals surface area (Å²) in [5.74, 6) is 0. The number of aromatic amines is 1. The van der Waals surface area contributed by atoms with E-state index in [4.69, 9.17) is 0 Å². The molecule has 0 unspecified atom stereocenters. The molecule has 6 heteroatoms. The van der Waals surface area contributed by atoms with Gasteiger partial charge < -0.3 is 15.0 Å². The first-order chi connectivity index (χ1) is 12.0. The maximum atomic E-state index is 12.0. The van der Waals surface area contributed by atoms with Crippen LogP contribution in [-0.2, 0) is 24.4 Å². The van der Waals surface area contributed by atoms with E-state index in [1.54, 1.807) is 12.1 Å². The van der Waals surface area contributed by atoms with Crippen molar-refractivity contribution >= 4 is 10.9 Å². The monoisotopic (exact) mass is 348 g/mol. The summed E-state index contributed by atoms with van der Waals surface area (Å²) >= 11 is 0. The van der Waals surface area contributed by atoms with Gasteiger partial charge in [0.2, 0.25) is 0 Å². The first kappa shape index (κ1) is 17.5. The summed E-state index contributed by atoms with van der Waals surface area (Å²) in [6.45, 7) is 0.167. The molecule has 1 aromatic heterocycles. The Morgan fingerprint density at radius 2 is 1.68 bits per heavy atom. The number of hydrogen-bond donors (Lipinski definition) is 2. The molecule has 1 heterocycles. The van der Waals surface area contributed by atoms with E-state index in [1.165, 1.54) is 10.9 Å². The Kier molecular flexibility index (Phi) is 5.40. The van der Waals surface area contributed by atoms with Crippen molar-refractivity contribution < 1.29 is 17.9 Å². The molecule has 0 atom stereocenters. The average molecular weight is 348 g/mol. The van der Waals surface area contributed by atoms with Crippen molar-refractivity contribution in [3.05, 3.63) is 71.4 Å². The second kappa shape index (κ2) is 7.72. The number of hydrogen-bond acceptors (Lipinski definition) is 2. The Balaban J connectivity index is 1.48. The molecule has 25 heavy (non-hydrogen) atoms. The maximum absolute atomic E-state index is 12.0. The zero-order valence-electron chi connectivity index (χ0n) is 13.6. The second-order valence-electron chi connectivity index (χ2n) is 5.88. The zero-order valence-corrected chi connectivity index (χ0v) is 13.6. The third-order valence-electron chi connectivity index (χ3n) is 3.89. The lowest BCUT2D eigenvalue weighted by Gasteiger charge is -2.09. The van der Waals surface area contributed by atoms with Crippen molar-refractivity contribution in [3.63, 3.8) is 0 Å². The zero-order chi connectivity index (χ0) is 17.7. The molecular weight excluding hydrogens is 329 g/mol. The summed E-state index contributed by atoms with van der Waals surface area (Å²) in [5, 5.41) is 4.59. The van der Waals surface area contributed by atoms with Gasteiger partial charge in [-0.05, 0) is 28.8 Å². The fourth-order valence-corrected chi connectivity index (χ4v) is 2.68. The van der Waals surface area contributed by atoms with E-state index in [1.807, 2.05) is 30.5 Å². The van der Waals surface area contributed by atoms with Gasteiger partial charge in [-0.2, -0.15) is 13.2 Å². The first-order valence-corrected chi connectivity index (χ1v) is 7.99. The molecule has 0 aliphatic rings. The third-order valence-corrected chi connectivity index (χ3v) is 3.89. The number of aromatic nitrogens is 1. The van der Waals surface area contributed by atoms with Gasteiger partial charge in [-0.3, -0.25) is 0 Å². The molecule has 0 aliphatic carbocycles. The minimum atomic E-state index is -4.29. The van der Waals surface area contributed by atoms with Crippen molar-refractivity contribution in [2.24, 2.45) is 0 Å². The van der Waals surface area contributed by atoms with Crippen molar-refractivity contribution in [1.29, 1.82) is 0 Å². The van der Waals surface area contributed by atoms with Gasteiger partial charge in [0.25, 0.3) is 0 Å². The number of alkyl halides is 3. The van der Waals surface area contributed by atoms with Gasteiger partial charge >= 0.3 is 6.18 Å². The number of benzene rings is 2. The van der Waals surface area contributed by atoms with Gasteiger partial charge in [0, 0.05) is 30.2 Å². The van der Waals surface area contributed by atoms with E-state index in [-0.39, 0.29) is 6.61 Å². The molecule has 0 saturated carbocycles. The van der Waals surface area contributed by atoms with E-state index in [9.17, 15) is 13.2 Å². The predicted octanol–water partition coefficient (Wildman–Crippen LogP) is 4.54. The van der Waals surface area contributed by atoms with E-state index >= 15 is 0 Å². The van der Waals surface area contributed by atoms with Crippen molar-refractivity contribution in [2.75, 3.05) is 6.61 Å². The third kappa shape index (κ3) is 5.08. The Bertz CT molecular complexity index is 809. The molecule has 0 fully saturated rings. The molecule has 0 aliphatic heterocycles. The molecule has 3 nitrogen and oxygen atoms in total. The highest BCUT2D eigenvalue weighted by Gasteiger charge is 2.27. The molecular formula is C19H19F3N2O. The van der Waals surface area contributed by atoms with E-state index in [2.05, 4.69) is 27.2 Å². The van der Waals surface area contributed by atoms with Crippen LogP contribution in [0.3, 0.4) is 0 Å². The minimum Gasteiger partial charge on any atom is -0.367 e. The molecule has 2 aromatic carbocycles. The highest BCUT2D eigenvalue weighted by Crippen LogP contribution is 2.18. The van der Waals surface area contributed by atoms with Gasteiger partial charge in [-0.15, -0.1) is 0 Å². The highest BCUT2D eigenvalue weighted by atomic mass is 19.4. The first-order valence-electron chi connectivity index (χ1n) is 7.99. The van der Waals surface area contributed by atoms with Crippen molar-refractivity contribution in [2.45, 2.75) is 25.9 Å². The quantitative estimate of drug-likeness (QED) is 0.658. The van der Waals surface area contributed by atoms with Crippen LogP contribution in [0.2, 0.25) is 0 Å². The molecule has 0 amide bonds. The van der Waals surface area contributed by atoms with E-state index in [0.29, 0.717) is 6.54 Å². The lowest BCUT2D eigenvalue weighted by atomic mass is 10.1. The smallest absolute Gasteiger partial charge is 0.367 e. The number of fused-ring (bicyclic) bond motifs is 1. The van der Waals surface area contributed by atoms with Crippen LogP contribution < -0.4 is 5.32 Å². The maximum Gasteiger partial charge on any atom is 0.411 e. The van der Waals surface area contributed by atoms with Gasteiger partial charge in [0.15, 0.2) is 0 Å². The van der Waals surface area contributed by atoms with Crippen LogP contribution >= 0.6 is 0 Å². The fraction of sp³-hybridized carbons (Fsp3) is 0.263. The summed E-state index contributed by atoms with van der Waals surface area (Å²) in [4.78, 5) is 3.19. The van der Waals surface area contributed by atoms with Gasteiger partial charge in [0.1, 0.15) is 6.61 Å². The average Bonchev–Trinajstić information content (AvgIpc) is 3.05. The Morgan fingerprint density at radius 1 is 0.920 bits per heavy atom. The van der Waals surface area contributed by atoms with Gasteiger partial charge in [-0.25, -0.2) is 0 Å². The summed E-state index contributed by atoms with van der Waals surface area (Å²) in [6, 6.07) is 15.6. The largest absolute Gasteiger partial charge is 0.411 e. The molecule has 0 bridgehead atoms. The molecule has 0 saturated heterocycles. The van der Waals surface area contributed by atoms with Crippen LogP contribution in [0.5, 0.6) is 0 Å². The lowest BCUT2D eigenvalue weighted by molar-refractivity contribution is -0.176. The van der Waals surface area contributed by atoms with Gasteiger partial charge in [-0.1, -0.05) is 36.4 Å². The van der Waals surface area contributed by atoms with Crippen LogP contribution in [0, 0.1) is 0 Å². The summed E-state index contributed by atoms with van der Waals surface area (Å²) in [6.07, 6.45) is -2.36. The molecule has 3 aromatic rings. The van der Waals surface area contributed by atoms with Crippen LogP contribution in [-0.4, -0.2) is 17.8 Å². The second-order valence-corrected chi connectivity index (χ2v) is 5.88. The minimum absolute atomic E-state index is 0.0390. The topological polar surface area (TPSA) is 37.0 Å².